The van der Waals surface area contributed by atoms with E-state index in [1.807, 2.05) is 60.7 Å². The number of rotatable bonds is 9. The third kappa shape index (κ3) is 4.54. The molecule has 1 aliphatic heterocycles. The molecule has 6 nitrogen and oxygen atoms in total. The Bertz CT molecular complexity index is 1190. The van der Waals surface area contributed by atoms with Crippen molar-refractivity contribution in [3.63, 3.8) is 0 Å². The van der Waals surface area contributed by atoms with E-state index in [-0.39, 0.29) is 17.6 Å². The molecule has 3 aromatic rings. The molecule has 7 heteroatoms. The number of benzene rings is 3. The molecule has 0 aliphatic carbocycles. The maximum absolute atomic E-state index is 13.7. The van der Waals surface area contributed by atoms with Crippen LogP contribution in [0, 0.1) is 0 Å². The lowest BCUT2D eigenvalue weighted by Gasteiger charge is -2.27. The van der Waals surface area contributed by atoms with Gasteiger partial charge in [0.2, 0.25) is 0 Å². The Morgan fingerprint density at radius 1 is 0.758 bits per heavy atom. The number of aliphatic imine (C=N–C) groups is 1. The molecule has 0 spiro atoms. The van der Waals surface area contributed by atoms with Crippen LogP contribution < -0.4 is 5.73 Å². The zero-order valence-corrected chi connectivity index (χ0v) is 19.1. The second kappa shape index (κ2) is 9.58. The zero-order valence-electron chi connectivity index (χ0n) is 18.3. The molecule has 0 saturated heterocycles. The molecule has 0 saturated carbocycles. The van der Waals surface area contributed by atoms with Crippen LogP contribution in [0.25, 0.3) is 0 Å². The zero-order chi connectivity index (χ0) is 23.3. The van der Waals surface area contributed by atoms with Gasteiger partial charge in [-0.25, -0.2) is 13.4 Å². The monoisotopic (exact) mass is 461 g/mol. The maximum Gasteiger partial charge on any atom is 0.266 e. The predicted molar refractivity (Wildman–Crippen MR) is 129 cm³/mol. The first-order valence-corrected chi connectivity index (χ1v) is 12.7. The van der Waals surface area contributed by atoms with E-state index >= 15 is 0 Å². The molecule has 1 aliphatic rings. The van der Waals surface area contributed by atoms with Crippen LogP contribution in [0.4, 0.5) is 0 Å². The van der Waals surface area contributed by atoms with Gasteiger partial charge in [0.15, 0.2) is 21.3 Å². The van der Waals surface area contributed by atoms with Crippen LogP contribution in [0.15, 0.2) is 101 Å². The molecular weight excluding hydrogens is 434 g/mol. The van der Waals surface area contributed by atoms with Crippen LogP contribution in [-0.4, -0.2) is 37.5 Å². The third-order valence-electron chi connectivity index (χ3n) is 5.89. The molecule has 170 valence electrons. The molecule has 0 atom stereocenters. The molecule has 0 radical (unpaired) electrons. The molecular formula is C26H27N3O3S. The number of hydrogen-bond acceptors (Lipinski definition) is 5. The summed E-state index contributed by atoms with van der Waals surface area (Å²) >= 11 is 0. The van der Waals surface area contributed by atoms with E-state index in [0.29, 0.717) is 30.7 Å². The topological polar surface area (TPSA) is 92.8 Å². The van der Waals surface area contributed by atoms with Gasteiger partial charge in [-0.05, 0) is 36.1 Å². The average Bonchev–Trinajstić information content (AvgIpc) is 3.11. The molecule has 0 aromatic heterocycles. The van der Waals surface area contributed by atoms with Gasteiger partial charge in [0, 0.05) is 6.54 Å². The molecule has 1 heterocycles. The van der Waals surface area contributed by atoms with E-state index in [9.17, 15) is 13.2 Å². The van der Waals surface area contributed by atoms with Gasteiger partial charge in [0.25, 0.3) is 5.91 Å². The summed E-state index contributed by atoms with van der Waals surface area (Å²) in [5.74, 6) is 0.0749. The number of carbonyl (C=O) groups excluding carboxylic acids is 1. The van der Waals surface area contributed by atoms with Crippen LogP contribution in [0.1, 0.15) is 30.4 Å². The van der Waals surface area contributed by atoms with Gasteiger partial charge in [-0.1, -0.05) is 85.3 Å². The highest BCUT2D eigenvalue weighted by atomic mass is 32.2. The smallest absolute Gasteiger partial charge is 0.266 e. The number of guanidine groups is 1. The van der Waals surface area contributed by atoms with Crippen molar-refractivity contribution < 1.29 is 13.2 Å². The molecule has 0 fully saturated rings. The van der Waals surface area contributed by atoms with Crippen molar-refractivity contribution in [2.75, 3.05) is 12.3 Å². The van der Waals surface area contributed by atoms with Crippen LogP contribution in [-0.2, 0) is 20.2 Å². The van der Waals surface area contributed by atoms with E-state index in [1.54, 1.807) is 30.3 Å². The summed E-state index contributed by atoms with van der Waals surface area (Å²) in [5, 5.41) is 0. The van der Waals surface area contributed by atoms with Gasteiger partial charge in [-0.15, -0.1) is 0 Å². The Labute approximate surface area is 194 Å². The van der Waals surface area contributed by atoms with Crippen LogP contribution >= 0.6 is 0 Å². The first-order valence-electron chi connectivity index (χ1n) is 11.0. The van der Waals surface area contributed by atoms with E-state index in [1.165, 1.54) is 4.90 Å². The van der Waals surface area contributed by atoms with Crippen molar-refractivity contribution >= 4 is 21.7 Å². The maximum atomic E-state index is 13.7. The highest BCUT2D eigenvalue weighted by molar-refractivity contribution is 7.91. The quantitative estimate of drug-likeness (QED) is 0.492. The molecule has 2 N–H and O–H groups in total. The lowest BCUT2D eigenvalue weighted by molar-refractivity contribution is -0.130. The fourth-order valence-electron chi connectivity index (χ4n) is 4.18. The Morgan fingerprint density at radius 2 is 1.27 bits per heavy atom. The number of unbranched alkanes of at least 4 members (excludes halogenated alkanes) is 2. The van der Waals surface area contributed by atoms with Gasteiger partial charge in [-0.3, -0.25) is 9.69 Å². The van der Waals surface area contributed by atoms with Crippen molar-refractivity contribution in [1.29, 1.82) is 0 Å². The molecule has 4 rings (SSSR count). The standard InChI is InChI=1S/C26H27N3O3S/c27-25-28-26(21-13-5-1-6-14-21,22-15-7-2-8-16-22)24(30)29(25)19-11-4-12-20-33(31,32)23-17-9-3-10-18-23/h1-3,5-10,13-18H,4,11-12,19-20H2,(H2,27,28). The van der Waals surface area contributed by atoms with Gasteiger partial charge in [-0.2, -0.15) is 0 Å². The van der Waals surface area contributed by atoms with Gasteiger partial charge in [0.1, 0.15) is 0 Å². The fraction of sp³-hybridized carbons (Fsp3) is 0.231. The van der Waals surface area contributed by atoms with E-state index in [2.05, 4.69) is 4.99 Å². The van der Waals surface area contributed by atoms with Gasteiger partial charge >= 0.3 is 0 Å². The Hall–Kier alpha value is -3.45. The largest absolute Gasteiger partial charge is 0.369 e. The summed E-state index contributed by atoms with van der Waals surface area (Å²) in [6, 6.07) is 27.4. The summed E-state index contributed by atoms with van der Waals surface area (Å²) in [6.07, 6.45) is 1.80. The number of amides is 1. The molecule has 3 aromatic carbocycles. The second-order valence-electron chi connectivity index (χ2n) is 8.06. The molecule has 1 amide bonds. The second-order valence-corrected chi connectivity index (χ2v) is 10.2. The highest BCUT2D eigenvalue weighted by Crippen LogP contribution is 2.39. The number of sulfone groups is 1. The van der Waals surface area contributed by atoms with Crippen LogP contribution in [0.2, 0.25) is 0 Å². The lowest BCUT2D eigenvalue weighted by atomic mass is 9.83. The normalized spacial score (nSPS) is 15.5. The minimum Gasteiger partial charge on any atom is -0.369 e. The Balaban J connectivity index is 1.44. The Morgan fingerprint density at radius 3 is 1.82 bits per heavy atom. The number of hydrogen-bond donors (Lipinski definition) is 1. The predicted octanol–water partition coefficient (Wildman–Crippen LogP) is 3.73. The van der Waals surface area contributed by atoms with E-state index in [0.717, 1.165) is 11.1 Å². The first-order chi connectivity index (χ1) is 15.9. The lowest BCUT2D eigenvalue weighted by Crippen LogP contribution is -2.44. The first kappa shape index (κ1) is 22.7. The van der Waals surface area contributed by atoms with Crippen molar-refractivity contribution in [2.24, 2.45) is 10.7 Å². The summed E-state index contributed by atoms with van der Waals surface area (Å²) < 4.78 is 24.9. The summed E-state index contributed by atoms with van der Waals surface area (Å²) in [7, 11) is -3.30. The number of carbonyl (C=O) groups is 1. The van der Waals surface area contributed by atoms with Crippen molar-refractivity contribution in [2.45, 2.75) is 29.7 Å². The third-order valence-corrected chi connectivity index (χ3v) is 7.71. The molecule has 0 bridgehead atoms. The van der Waals surface area contributed by atoms with Gasteiger partial charge < -0.3 is 5.73 Å². The Kier molecular flexibility index (Phi) is 6.60. The number of nitrogens with two attached hydrogens (primary N) is 1. The van der Waals surface area contributed by atoms with E-state index < -0.39 is 15.4 Å². The number of nitrogens with zero attached hydrogens (tertiary/aromatic N) is 2. The average molecular weight is 462 g/mol. The summed E-state index contributed by atoms with van der Waals surface area (Å²) in [4.78, 5) is 20.2. The van der Waals surface area contributed by atoms with Gasteiger partial charge in [0.05, 0.1) is 10.6 Å². The fourth-order valence-corrected chi connectivity index (χ4v) is 5.57. The van der Waals surface area contributed by atoms with Crippen LogP contribution in [0.3, 0.4) is 0 Å². The van der Waals surface area contributed by atoms with E-state index in [4.69, 9.17) is 5.73 Å². The SMILES string of the molecule is NC1=NC(c2ccccc2)(c2ccccc2)C(=O)N1CCCCCS(=O)(=O)c1ccccc1. The van der Waals surface area contributed by atoms with Crippen molar-refractivity contribution in [1.82, 2.24) is 4.90 Å². The summed E-state index contributed by atoms with van der Waals surface area (Å²) in [5.41, 5.74) is 6.56. The molecule has 33 heavy (non-hydrogen) atoms. The van der Waals surface area contributed by atoms with Crippen molar-refractivity contribution in [3.05, 3.63) is 102 Å². The summed E-state index contributed by atoms with van der Waals surface area (Å²) in [6.45, 7) is 0.390. The highest BCUT2D eigenvalue weighted by Gasteiger charge is 2.50. The molecule has 0 unspecified atom stereocenters. The minimum atomic E-state index is -3.30. The minimum absolute atomic E-state index is 0.0759. The van der Waals surface area contributed by atoms with Crippen LogP contribution in [0.5, 0.6) is 0 Å². The van der Waals surface area contributed by atoms with Crippen molar-refractivity contribution in [3.8, 4) is 0 Å².